The van der Waals surface area contributed by atoms with Crippen molar-refractivity contribution in [1.82, 2.24) is 0 Å². The maximum absolute atomic E-state index is 13.2. The van der Waals surface area contributed by atoms with Crippen molar-refractivity contribution >= 4 is 23.4 Å². The minimum absolute atomic E-state index is 0.0580. The molecule has 1 saturated carbocycles. The van der Waals surface area contributed by atoms with Crippen molar-refractivity contribution in [2.45, 2.75) is 12.8 Å². The van der Waals surface area contributed by atoms with Crippen LogP contribution in [0.4, 0.5) is 4.39 Å². The summed E-state index contributed by atoms with van der Waals surface area (Å²) in [4.78, 5) is 22.1. The summed E-state index contributed by atoms with van der Waals surface area (Å²) >= 11 is 5.78. The molecule has 1 fully saturated rings. The number of hydrogen-bond acceptors (Lipinski definition) is 3. The number of hydrogen-bond donors (Lipinski definition) is 1. The third kappa shape index (κ3) is 2.79. The highest BCUT2D eigenvalue weighted by Gasteiger charge is 2.26. The van der Waals surface area contributed by atoms with Gasteiger partial charge in [-0.1, -0.05) is 11.6 Å². The van der Waals surface area contributed by atoms with Crippen LogP contribution in [0.5, 0.6) is 5.75 Å². The van der Waals surface area contributed by atoms with Crippen molar-refractivity contribution in [3.63, 3.8) is 0 Å². The summed E-state index contributed by atoms with van der Waals surface area (Å²) in [7, 11) is 0. The number of ketones is 1. The number of aliphatic carboxylic acids is 1. The zero-order chi connectivity index (χ0) is 13.3. The van der Waals surface area contributed by atoms with Crippen molar-refractivity contribution in [2.75, 3.05) is 6.61 Å². The molecule has 0 unspecified atom stereocenters. The molecule has 1 aliphatic carbocycles. The number of halogens is 2. The molecule has 0 atom stereocenters. The summed E-state index contributed by atoms with van der Waals surface area (Å²) in [5.74, 6) is -3.34. The van der Waals surface area contributed by atoms with Crippen LogP contribution < -0.4 is 4.74 Å². The molecule has 0 aromatic heterocycles. The molecule has 0 radical (unpaired) electrons. The summed E-state index contributed by atoms with van der Waals surface area (Å²) in [6, 6.07) is 1.81. The molecule has 18 heavy (non-hydrogen) atoms. The first-order valence-corrected chi connectivity index (χ1v) is 5.76. The number of carboxylic acids is 1. The minimum Gasteiger partial charge on any atom is -0.491 e. The molecule has 0 saturated heterocycles. The van der Waals surface area contributed by atoms with Crippen LogP contribution in [0, 0.1) is 11.7 Å². The number of rotatable bonds is 5. The molecule has 1 aromatic rings. The zero-order valence-electron chi connectivity index (χ0n) is 9.28. The third-order valence-corrected chi connectivity index (χ3v) is 2.89. The van der Waals surface area contributed by atoms with Crippen molar-refractivity contribution in [3.05, 3.63) is 28.5 Å². The lowest BCUT2D eigenvalue weighted by molar-refractivity contribution is -0.131. The molecular weight excluding hydrogens is 263 g/mol. The molecule has 2 rings (SSSR count). The molecule has 1 aliphatic rings. The molecule has 0 heterocycles. The SMILES string of the molecule is O=C(O)C(=O)c1cc(F)cc(Cl)c1OCC1CC1. The van der Waals surface area contributed by atoms with E-state index in [1.165, 1.54) is 0 Å². The highest BCUT2D eigenvalue weighted by atomic mass is 35.5. The summed E-state index contributed by atoms with van der Waals surface area (Å²) in [5, 5.41) is 8.56. The average molecular weight is 273 g/mol. The summed E-state index contributed by atoms with van der Waals surface area (Å²) in [5.41, 5.74) is -0.354. The Hall–Kier alpha value is -1.62. The topological polar surface area (TPSA) is 63.6 Å². The van der Waals surface area contributed by atoms with Gasteiger partial charge < -0.3 is 9.84 Å². The molecule has 0 amide bonds. The van der Waals surface area contributed by atoms with Gasteiger partial charge in [-0.3, -0.25) is 4.79 Å². The quantitative estimate of drug-likeness (QED) is 0.661. The fourth-order valence-corrected chi connectivity index (χ4v) is 1.74. The van der Waals surface area contributed by atoms with E-state index in [9.17, 15) is 14.0 Å². The number of carbonyl (C=O) groups excluding carboxylic acids is 1. The van der Waals surface area contributed by atoms with Crippen LogP contribution in [-0.4, -0.2) is 23.5 Å². The average Bonchev–Trinajstić information content (AvgIpc) is 3.09. The third-order valence-electron chi connectivity index (χ3n) is 2.61. The van der Waals surface area contributed by atoms with Crippen LogP contribution in [0.1, 0.15) is 23.2 Å². The first-order chi connectivity index (χ1) is 8.49. The second kappa shape index (κ2) is 4.94. The highest BCUT2D eigenvalue weighted by molar-refractivity contribution is 6.42. The minimum atomic E-state index is -1.67. The monoisotopic (exact) mass is 272 g/mol. The Bertz CT molecular complexity index is 511. The zero-order valence-corrected chi connectivity index (χ0v) is 10.0. The van der Waals surface area contributed by atoms with E-state index in [1.807, 2.05) is 0 Å². The smallest absolute Gasteiger partial charge is 0.377 e. The Morgan fingerprint density at radius 2 is 2.11 bits per heavy atom. The van der Waals surface area contributed by atoms with E-state index in [-0.39, 0.29) is 16.3 Å². The highest BCUT2D eigenvalue weighted by Crippen LogP contribution is 2.34. The number of carboxylic acid groups (broad SMARTS) is 1. The van der Waals surface area contributed by atoms with E-state index in [1.54, 1.807) is 0 Å². The predicted molar refractivity (Wildman–Crippen MR) is 61.6 cm³/mol. The van der Waals surface area contributed by atoms with Gasteiger partial charge >= 0.3 is 5.97 Å². The van der Waals surface area contributed by atoms with E-state index in [4.69, 9.17) is 21.4 Å². The maximum atomic E-state index is 13.2. The second-order valence-corrected chi connectivity index (χ2v) is 4.56. The van der Waals surface area contributed by atoms with Crippen LogP contribution in [0.25, 0.3) is 0 Å². The van der Waals surface area contributed by atoms with Crippen molar-refractivity contribution < 1.29 is 23.8 Å². The van der Waals surface area contributed by atoms with Crippen LogP contribution in [0.15, 0.2) is 12.1 Å². The summed E-state index contributed by atoms with van der Waals surface area (Å²) in [6.45, 7) is 0.352. The Kier molecular flexibility index (Phi) is 3.52. The first kappa shape index (κ1) is 12.8. The van der Waals surface area contributed by atoms with Crippen LogP contribution in [-0.2, 0) is 4.79 Å². The molecule has 0 bridgehead atoms. The Morgan fingerprint density at radius 1 is 1.44 bits per heavy atom. The van der Waals surface area contributed by atoms with Gasteiger partial charge in [0.15, 0.2) is 0 Å². The van der Waals surface area contributed by atoms with Gasteiger partial charge in [-0.05, 0) is 30.9 Å². The van der Waals surface area contributed by atoms with E-state index in [2.05, 4.69) is 0 Å². The van der Waals surface area contributed by atoms with Gasteiger partial charge in [0, 0.05) is 0 Å². The molecule has 6 heteroatoms. The van der Waals surface area contributed by atoms with Gasteiger partial charge in [0.25, 0.3) is 5.78 Å². The normalized spacial score (nSPS) is 14.3. The van der Waals surface area contributed by atoms with Gasteiger partial charge in [-0.25, -0.2) is 9.18 Å². The maximum Gasteiger partial charge on any atom is 0.377 e. The molecule has 1 N–H and O–H groups in total. The molecule has 0 aliphatic heterocycles. The number of carbonyl (C=O) groups is 2. The lowest BCUT2D eigenvalue weighted by Gasteiger charge is -2.11. The van der Waals surface area contributed by atoms with Gasteiger partial charge in [0.1, 0.15) is 11.6 Å². The van der Waals surface area contributed by atoms with E-state index in [0.717, 1.165) is 25.0 Å². The van der Waals surface area contributed by atoms with Gasteiger partial charge in [-0.2, -0.15) is 0 Å². The van der Waals surface area contributed by atoms with Crippen molar-refractivity contribution in [3.8, 4) is 5.75 Å². The second-order valence-electron chi connectivity index (χ2n) is 4.15. The van der Waals surface area contributed by atoms with Crippen LogP contribution in [0.2, 0.25) is 5.02 Å². The fraction of sp³-hybridized carbons (Fsp3) is 0.333. The largest absolute Gasteiger partial charge is 0.491 e. The molecular formula is C12H10ClFO4. The predicted octanol–water partition coefficient (Wildman–Crippen LogP) is 2.54. The Labute approximate surface area is 107 Å². The standard InChI is InChI=1S/C12H10ClFO4/c13-9-4-7(14)3-8(10(15)12(16)17)11(9)18-5-6-1-2-6/h3-4,6H,1-2,5H2,(H,16,17). The number of ether oxygens (including phenoxy) is 1. The molecule has 4 nitrogen and oxygen atoms in total. The Balaban J connectivity index is 2.33. The van der Waals surface area contributed by atoms with Crippen LogP contribution >= 0.6 is 11.6 Å². The summed E-state index contributed by atoms with van der Waals surface area (Å²) < 4.78 is 18.5. The van der Waals surface area contributed by atoms with Gasteiger partial charge in [0.05, 0.1) is 17.2 Å². The number of Topliss-reactive ketones (excluding diaryl/α,β-unsaturated/α-hetero) is 1. The van der Waals surface area contributed by atoms with E-state index >= 15 is 0 Å². The van der Waals surface area contributed by atoms with E-state index < -0.39 is 17.6 Å². The van der Waals surface area contributed by atoms with Crippen molar-refractivity contribution in [1.29, 1.82) is 0 Å². The Morgan fingerprint density at radius 3 is 2.67 bits per heavy atom. The molecule has 1 aromatic carbocycles. The summed E-state index contributed by atoms with van der Waals surface area (Å²) in [6.07, 6.45) is 2.06. The fourth-order valence-electron chi connectivity index (χ4n) is 1.48. The van der Waals surface area contributed by atoms with Crippen molar-refractivity contribution in [2.24, 2.45) is 5.92 Å². The van der Waals surface area contributed by atoms with Gasteiger partial charge in [0.2, 0.25) is 0 Å². The lowest BCUT2D eigenvalue weighted by Crippen LogP contribution is -2.15. The van der Waals surface area contributed by atoms with E-state index in [0.29, 0.717) is 12.5 Å². The first-order valence-electron chi connectivity index (χ1n) is 5.38. The van der Waals surface area contributed by atoms with Crippen LogP contribution in [0.3, 0.4) is 0 Å². The number of benzene rings is 1. The molecule has 96 valence electrons. The van der Waals surface area contributed by atoms with Gasteiger partial charge in [-0.15, -0.1) is 0 Å². The molecule has 0 spiro atoms. The lowest BCUT2D eigenvalue weighted by atomic mass is 10.1.